The molecule has 0 fully saturated rings. The van der Waals surface area contributed by atoms with Crippen molar-refractivity contribution in [1.82, 2.24) is 5.32 Å². The third-order valence-electron chi connectivity index (χ3n) is 2.56. The summed E-state index contributed by atoms with van der Waals surface area (Å²) in [6.45, 7) is 0.655. The third kappa shape index (κ3) is 3.12. The van der Waals surface area contributed by atoms with Crippen molar-refractivity contribution >= 4 is 5.91 Å². The molecule has 1 aromatic rings. The summed E-state index contributed by atoms with van der Waals surface area (Å²) in [4.78, 5) is 11.9. The van der Waals surface area contributed by atoms with E-state index in [1.165, 1.54) is 32.2 Å². The molecule has 0 spiro atoms. The van der Waals surface area contributed by atoms with Gasteiger partial charge in [-0.25, -0.2) is 0 Å². The molecule has 18 heavy (non-hydrogen) atoms. The smallest absolute Gasteiger partial charge is 0.255 e. The van der Waals surface area contributed by atoms with Crippen LogP contribution < -0.4 is 10.1 Å². The summed E-state index contributed by atoms with van der Waals surface area (Å²) >= 11 is 0. The van der Waals surface area contributed by atoms with E-state index in [1.807, 2.05) is 0 Å². The van der Waals surface area contributed by atoms with Gasteiger partial charge in [0.05, 0.1) is 31.4 Å². The summed E-state index contributed by atoms with van der Waals surface area (Å²) in [5, 5.41) is 30.2. The fourth-order valence-electron chi connectivity index (χ4n) is 1.29. The van der Waals surface area contributed by atoms with Gasteiger partial charge in [0.15, 0.2) is 0 Å². The number of carbonyl (C=O) groups is 1. The zero-order valence-corrected chi connectivity index (χ0v) is 10.3. The van der Waals surface area contributed by atoms with E-state index < -0.39 is 24.7 Å². The molecule has 0 aliphatic carbocycles. The van der Waals surface area contributed by atoms with Gasteiger partial charge in [-0.05, 0) is 25.1 Å². The average Bonchev–Trinajstić information content (AvgIpc) is 2.39. The molecule has 4 N–H and O–H groups in total. The fourth-order valence-corrected chi connectivity index (χ4v) is 1.29. The van der Waals surface area contributed by atoms with Crippen molar-refractivity contribution < 1.29 is 24.9 Å². The molecule has 0 aromatic heterocycles. The highest BCUT2D eigenvalue weighted by Crippen LogP contribution is 2.23. The van der Waals surface area contributed by atoms with Gasteiger partial charge in [0.25, 0.3) is 5.91 Å². The first-order valence-electron chi connectivity index (χ1n) is 5.37. The second-order valence-electron chi connectivity index (χ2n) is 4.21. The second kappa shape index (κ2) is 5.70. The molecule has 0 saturated carbocycles. The molecule has 1 amide bonds. The average molecular weight is 255 g/mol. The zero-order valence-electron chi connectivity index (χ0n) is 10.3. The number of hydrogen-bond acceptors (Lipinski definition) is 5. The van der Waals surface area contributed by atoms with E-state index >= 15 is 0 Å². The Balaban J connectivity index is 2.97. The normalized spacial score (nSPS) is 11.1. The highest BCUT2D eigenvalue weighted by molar-refractivity contribution is 5.97. The van der Waals surface area contributed by atoms with E-state index in [9.17, 15) is 9.90 Å². The molecule has 0 heterocycles. The number of methoxy groups -OCH3 is 1. The SMILES string of the molecule is COc1ccc(O)c(C(=O)NC(C)(CO)CO)c1. The Hall–Kier alpha value is -1.79. The van der Waals surface area contributed by atoms with Crippen molar-refractivity contribution in [3.63, 3.8) is 0 Å². The lowest BCUT2D eigenvalue weighted by molar-refractivity contribution is 0.0721. The van der Waals surface area contributed by atoms with Crippen molar-refractivity contribution in [2.45, 2.75) is 12.5 Å². The Labute approximate surface area is 105 Å². The second-order valence-corrected chi connectivity index (χ2v) is 4.21. The summed E-state index contributed by atoms with van der Waals surface area (Å²) in [5.41, 5.74) is -1.13. The monoisotopic (exact) mass is 255 g/mol. The lowest BCUT2D eigenvalue weighted by atomic mass is 10.0. The number of ether oxygens (including phenoxy) is 1. The molecule has 0 aliphatic heterocycles. The Morgan fingerprint density at radius 1 is 1.39 bits per heavy atom. The number of aliphatic hydroxyl groups excluding tert-OH is 2. The van der Waals surface area contributed by atoms with Gasteiger partial charge in [0, 0.05) is 0 Å². The van der Waals surface area contributed by atoms with Crippen LogP contribution in [0.5, 0.6) is 11.5 Å². The van der Waals surface area contributed by atoms with Gasteiger partial charge in [-0.3, -0.25) is 4.79 Å². The predicted octanol–water partition coefficient (Wildman–Crippen LogP) is -0.126. The van der Waals surface area contributed by atoms with Crippen LogP contribution in [-0.4, -0.2) is 47.1 Å². The van der Waals surface area contributed by atoms with Gasteiger partial charge < -0.3 is 25.4 Å². The maximum Gasteiger partial charge on any atom is 0.255 e. The van der Waals surface area contributed by atoms with Crippen LogP contribution in [0.4, 0.5) is 0 Å². The molecule has 6 heteroatoms. The standard InChI is InChI=1S/C12H17NO5/c1-12(6-14,7-15)13-11(17)9-5-8(18-2)3-4-10(9)16/h3-5,14-16H,6-7H2,1-2H3,(H,13,17). The van der Waals surface area contributed by atoms with Gasteiger partial charge in [-0.1, -0.05) is 0 Å². The largest absolute Gasteiger partial charge is 0.507 e. The number of hydrogen-bond donors (Lipinski definition) is 4. The molecular weight excluding hydrogens is 238 g/mol. The van der Waals surface area contributed by atoms with Crippen LogP contribution >= 0.6 is 0 Å². The number of aliphatic hydroxyl groups is 2. The van der Waals surface area contributed by atoms with Crippen LogP contribution in [0.25, 0.3) is 0 Å². The highest BCUT2D eigenvalue weighted by atomic mass is 16.5. The molecule has 0 bridgehead atoms. The van der Waals surface area contributed by atoms with Gasteiger partial charge in [0.2, 0.25) is 0 Å². The van der Waals surface area contributed by atoms with E-state index in [2.05, 4.69) is 5.32 Å². The number of phenolic OH excluding ortho intramolecular Hbond substituents is 1. The Morgan fingerprint density at radius 3 is 2.50 bits per heavy atom. The summed E-state index contributed by atoms with van der Waals surface area (Å²) in [6, 6.07) is 4.23. The molecule has 6 nitrogen and oxygen atoms in total. The topological polar surface area (TPSA) is 99.0 Å². The van der Waals surface area contributed by atoms with Crippen LogP contribution in [0.2, 0.25) is 0 Å². The number of aromatic hydroxyl groups is 1. The minimum absolute atomic E-state index is 0.0162. The van der Waals surface area contributed by atoms with Gasteiger partial charge in [-0.2, -0.15) is 0 Å². The maximum absolute atomic E-state index is 11.9. The molecule has 0 saturated heterocycles. The summed E-state index contributed by atoms with van der Waals surface area (Å²) < 4.78 is 4.95. The third-order valence-corrected chi connectivity index (χ3v) is 2.56. The molecule has 0 unspecified atom stereocenters. The molecule has 0 radical (unpaired) electrons. The molecule has 1 aromatic carbocycles. The number of nitrogens with one attached hydrogen (secondary N) is 1. The van der Waals surface area contributed by atoms with Crippen molar-refractivity contribution in [2.24, 2.45) is 0 Å². The lowest BCUT2D eigenvalue weighted by Crippen LogP contribution is -2.51. The maximum atomic E-state index is 11.9. The highest BCUT2D eigenvalue weighted by Gasteiger charge is 2.26. The predicted molar refractivity (Wildman–Crippen MR) is 64.7 cm³/mol. The number of benzene rings is 1. The Bertz CT molecular complexity index is 428. The van der Waals surface area contributed by atoms with Crippen molar-refractivity contribution in [3.05, 3.63) is 23.8 Å². The minimum Gasteiger partial charge on any atom is -0.507 e. The quantitative estimate of drug-likeness (QED) is 0.587. The molecule has 1 rings (SSSR count). The van der Waals surface area contributed by atoms with E-state index in [0.717, 1.165) is 0 Å². The summed E-state index contributed by atoms with van der Waals surface area (Å²) in [6.07, 6.45) is 0. The van der Waals surface area contributed by atoms with Gasteiger partial charge in [-0.15, -0.1) is 0 Å². The van der Waals surface area contributed by atoms with E-state index in [1.54, 1.807) is 0 Å². The minimum atomic E-state index is -1.15. The fraction of sp³-hybridized carbons (Fsp3) is 0.417. The van der Waals surface area contributed by atoms with E-state index in [4.69, 9.17) is 14.9 Å². The Kier molecular flexibility index (Phi) is 4.52. The van der Waals surface area contributed by atoms with E-state index in [-0.39, 0.29) is 11.3 Å². The lowest BCUT2D eigenvalue weighted by Gasteiger charge is -2.26. The van der Waals surface area contributed by atoms with Crippen LogP contribution in [0.15, 0.2) is 18.2 Å². The summed E-state index contributed by atoms with van der Waals surface area (Å²) in [7, 11) is 1.44. The van der Waals surface area contributed by atoms with Crippen LogP contribution in [0.1, 0.15) is 17.3 Å². The molecule has 0 aliphatic rings. The summed E-state index contributed by atoms with van der Waals surface area (Å²) in [5.74, 6) is -0.379. The van der Waals surface area contributed by atoms with Crippen LogP contribution in [0, 0.1) is 0 Å². The van der Waals surface area contributed by atoms with Crippen LogP contribution in [-0.2, 0) is 0 Å². The van der Waals surface area contributed by atoms with Crippen molar-refractivity contribution in [3.8, 4) is 11.5 Å². The number of amides is 1. The Morgan fingerprint density at radius 2 is 2.00 bits per heavy atom. The van der Waals surface area contributed by atoms with Crippen molar-refractivity contribution in [2.75, 3.05) is 20.3 Å². The van der Waals surface area contributed by atoms with Gasteiger partial charge >= 0.3 is 0 Å². The first-order chi connectivity index (χ1) is 8.45. The van der Waals surface area contributed by atoms with Crippen molar-refractivity contribution in [1.29, 1.82) is 0 Å². The first kappa shape index (κ1) is 14.3. The van der Waals surface area contributed by atoms with Crippen LogP contribution in [0.3, 0.4) is 0 Å². The number of rotatable bonds is 5. The van der Waals surface area contributed by atoms with Gasteiger partial charge in [0.1, 0.15) is 11.5 Å². The molecule has 0 atom stereocenters. The van der Waals surface area contributed by atoms with E-state index in [0.29, 0.717) is 5.75 Å². The first-order valence-corrected chi connectivity index (χ1v) is 5.37. The number of carbonyl (C=O) groups excluding carboxylic acids is 1. The number of phenols is 1. The zero-order chi connectivity index (χ0) is 13.8. The molecule has 100 valence electrons. The molecular formula is C12H17NO5.